The van der Waals surface area contributed by atoms with Crippen LogP contribution in [0.3, 0.4) is 0 Å². The number of alkyl carbamates (subject to hydrolysis) is 1. The van der Waals surface area contributed by atoms with Crippen LogP contribution in [0.1, 0.15) is 76.0 Å². The number of benzene rings is 1. The molecule has 2 saturated carbocycles. The Bertz CT molecular complexity index is 1790. The number of hydrogen-bond donors (Lipinski definition) is 3. The molecule has 3 heterocycles. The van der Waals surface area contributed by atoms with E-state index in [0.717, 1.165) is 16.7 Å². The summed E-state index contributed by atoms with van der Waals surface area (Å²) in [6.45, 7) is 9.47. The Kier molecular flexibility index (Phi) is 9.36. The second kappa shape index (κ2) is 13.3. The first-order chi connectivity index (χ1) is 23.6. The molecule has 1 aromatic carbocycles. The van der Waals surface area contributed by atoms with Gasteiger partial charge in [-0.15, -0.1) is 6.58 Å². The summed E-state index contributed by atoms with van der Waals surface area (Å²) < 4.78 is 38.7. The van der Waals surface area contributed by atoms with Crippen molar-refractivity contribution < 1.29 is 41.9 Å². The standard InChI is InChI=1S/C35H43N5O9S/c1-5-23-17-35(23,31(43)38-50(46,47)25-13-14-25)37-29(41)27-16-24-19-40(27)30(42)28(34(2,3)4)36-32(44)48-15-8-6-7-10-21-11-9-12-22-18-39(20-26(21)22)33(45)49-24/h5,9,11-12,23-25,27-28H,1,6,8,13-20H2,2-4H3,(H,36,44)(H,37,41)(H,38,43)/t23-,24-,27+,28-,35-/m1/s1. The maximum Gasteiger partial charge on any atom is 0.410 e. The minimum Gasteiger partial charge on any atom is -0.450 e. The van der Waals surface area contributed by atoms with Crippen molar-refractivity contribution in [2.24, 2.45) is 11.3 Å². The van der Waals surface area contributed by atoms with Gasteiger partial charge in [0, 0.05) is 30.9 Å². The first-order valence-corrected chi connectivity index (χ1v) is 18.5. The van der Waals surface area contributed by atoms with Gasteiger partial charge >= 0.3 is 12.2 Å². The molecule has 1 aromatic rings. The van der Waals surface area contributed by atoms with E-state index in [4.69, 9.17) is 9.47 Å². The molecule has 3 aliphatic heterocycles. The van der Waals surface area contributed by atoms with Gasteiger partial charge in [0.2, 0.25) is 21.8 Å². The van der Waals surface area contributed by atoms with Crippen molar-refractivity contribution in [1.29, 1.82) is 0 Å². The van der Waals surface area contributed by atoms with Crippen LogP contribution in [-0.2, 0) is 47.0 Å². The third-order valence-electron chi connectivity index (χ3n) is 9.88. The Morgan fingerprint density at radius 1 is 1.16 bits per heavy atom. The summed E-state index contributed by atoms with van der Waals surface area (Å²) in [5.74, 6) is 3.51. The second-order valence-electron chi connectivity index (χ2n) is 14.7. The van der Waals surface area contributed by atoms with Gasteiger partial charge in [-0.05, 0) is 48.3 Å². The van der Waals surface area contributed by atoms with Crippen molar-refractivity contribution in [2.45, 2.75) is 101 Å². The molecule has 4 bridgehead atoms. The van der Waals surface area contributed by atoms with E-state index in [2.05, 4.69) is 33.8 Å². The fourth-order valence-corrected chi connectivity index (χ4v) is 8.10. The molecule has 5 amide bonds. The van der Waals surface area contributed by atoms with Crippen molar-refractivity contribution in [3.05, 3.63) is 47.5 Å². The highest BCUT2D eigenvalue weighted by molar-refractivity contribution is 7.91. The number of nitrogens with zero attached hydrogens (tertiary/aromatic N) is 2. The average molecular weight is 710 g/mol. The summed E-state index contributed by atoms with van der Waals surface area (Å²) in [5.41, 5.74) is 0.217. The summed E-state index contributed by atoms with van der Waals surface area (Å²) in [7, 11) is -3.91. The van der Waals surface area contributed by atoms with Crippen molar-refractivity contribution in [3.63, 3.8) is 0 Å². The van der Waals surface area contributed by atoms with Crippen LogP contribution < -0.4 is 15.4 Å². The molecular formula is C35H43N5O9S. The monoisotopic (exact) mass is 709 g/mol. The van der Waals surface area contributed by atoms with Crippen LogP contribution in [0.25, 0.3) is 0 Å². The second-order valence-corrected chi connectivity index (χ2v) is 16.7. The quantitative estimate of drug-likeness (QED) is 0.294. The van der Waals surface area contributed by atoms with E-state index in [1.54, 1.807) is 20.8 Å². The van der Waals surface area contributed by atoms with E-state index in [1.165, 1.54) is 15.9 Å². The number of carbonyl (C=O) groups excluding carboxylic acids is 5. The Morgan fingerprint density at radius 2 is 1.92 bits per heavy atom. The van der Waals surface area contributed by atoms with E-state index in [9.17, 15) is 32.4 Å². The van der Waals surface area contributed by atoms with Crippen LogP contribution in [0, 0.1) is 23.2 Å². The van der Waals surface area contributed by atoms with Crippen molar-refractivity contribution in [3.8, 4) is 11.8 Å². The molecule has 268 valence electrons. The predicted octanol–water partition coefficient (Wildman–Crippen LogP) is 2.06. The fourth-order valence-electron chi connectivity index (χ4n) is 6.74. The lowest BCUT2D eigenvalue weighted by atomic mass is 9.85. The van der Waals surface area contributed by atoms with Crippen LogP contribution in [-0.4, -0.2) is 90.3 Å². The van der Waals surface area contributed by atoms with Gasteiger partial charge in [-0.25, -0.2) is 18.0 Å². The summed E-state index contributed by atoms with van der Waals surface area (Å²) in [5, 5.41) is 4.73. The van der Waals surface area contributed by atoms with Gasteiger partial charge in [0.25, 0.3) is 5.91 Å². The number of cyclic esters (lactones) is 1. The van der Waals surface area contributed by atoms with E-state index in [1.807, 2.05) is 18.2 Å². The molecule has 0 aromatic heterocycles. The van der Waals surface area contributed by atoms with E-state index in [0.29, 0.717) is 32.2 Å². The highest BCUT2D eigenvalue weighted by atomic mass is 32.2. The molecule has 3 N–H and O–H groups in total. The molecule has 5 atom stereocenters. The largest absolute Gasteiger partial charge is 0.450 e. The fraction of sp³-hybridized carbons (Fsp3) is 0.571. The number of nitrogens with one attached hydrogen (secondary N) is 3. The lowest BCUT2D eigenvalue weighted by Crippen LogP contribution is -2.60. The normalized spacial score (nSPS) is 28.4. The number of sulfonamides is 1. The van der Waals surface area contributed by atoms with Gasteiger partial charge in [-0.2, -0.15) is 0 Å². The zero-order valence-corrected chi connectivity index (χ0v) is 29.3. The Balaban J connectivity index is 1.28. The zero-order chi connectivity index (χ0) is 36.0. The molecule has 14 nitrogen and oxygen atoms in total. The van der Waals surface area contributed by atoms with Gasteiger partial charge in [-0.3, -0.25) is 24.0 Å². The molecule has 0 unspecified atom stereocenters. The molecule has 15 heteroatoms. The summed E-state index contributed by atoms with van der Waals surface area (Å²) >= 11 is 0. The number of carbonyl (C=O) groups is 5. The third-order valence-corrected chi connectivity index (χ3v) is 11.7. The highest BCUT2D eigenvalue weighted by Gasteiger charge is 2.62. The van der Waals surface area contributed by atoms with Gasteiger partial charge in [0.15, 0.2) is 0 Å². The molecule has 1 saturated heterocycles. The number of fused-ring (bicyclic) bond motifs is 3. The van der Waals surface area contributed by atoms with Crippen LogP contribution in [0.15, 0.2) is 30.9 Å². The molecule has 3 fully saturated rings. The van der Waals surface area contributed by atoms with Crippen molar-refractivity contribution in [1.82, 2.24) is 25.2 Å². The average Bonchev–Trinajstić information content (AvgIpc) is 3.94. The van der Waals surface area contributed by atoms with Gasteiger partial charge in [-0.1, -0.05) is 50.8 Å². The lowest BCUT2D eigenvalue weighted by Gasteiger charge is -2.35. The molecular weight excluding hydrogens is 666 g/mol. The SMILES string of the molecule is C=C[C@@H]1C[C@]1(NC(=O)[C@@H]1C[C@@H]2CN1C(=O)[C@H](C(C)(C)C)NC(=O)OCCCC#Cc1cccc3c1CN(C3)C(=O)O2)C(=O)NS(=O)(=O)C1CC1. The van der Waals surface area contributed by atoms with Crippen molar-refractivity contribution in [2.75, 3.05) is 13.2 Å². The van der Waals surface area contributed by atoms with Crippen LogP contribution >= 0.6 is 0 Å². The van der Waals surface area contributed by atoms with E-state index >= 15 is 0 Å². The molecule has 0 spiro atoms. The van der Waals surface area contributed by atoms with Gasteiger partial charge in [0.1, 0.15) is 23.7 Å². The first-order valence-electron chi connectivity index (χ1n) is 16.9. The first kappa shape index (κ1) is 35.3. The molecule has 6 rings (SSSR count). The van der Waals surface area contributed by atoms with Crippen LogP contribution in [0.2, 0.25) is 0 Å². The van der Waals surface area contributed by atoms with Crippen molar-refractivity contribution >= 4 is 39.9 Å². The Labute approximate surface area is 291 Å². The summed E-state index contributed by atoms with van der Waals surface area (Å²) in [4.78, 5) is 71.0. The summed E-state index contributed by atoms with van der Waals surface area (Å²) in [6, 6.07) is 3.31. The summed E-state index contributed by atoms with van der Waals surface area (Å²) in [6.07, 6.45) is 0.952. The topological polar surface area (TPSA) is 181 Å². The molecule has 2 aliphatic carbocycles. The number of amides is 5. The van der Waals surface area contributed by atoms with Crippen LogP contribution in [0.4, 0.5) is 9.59 Å². The highest BCUT2D eigenvalue weighted by Crippen LogP contribution is 2.45. The predicted molar refractivity (Wildman–Crippen MR) is 179 cm³/mol. The molecule has 50 heavy (non-hydrogen) atoms. The molecule has 5 aliphatic rings. The number of ether oxygens (including phenoxy) is 2. The zero-order valence-electron chi connectivity index (χ0n) is 28.5. The van der Waals surface area contributed by atoms with Gasteiger partial charge in [0.05, 0.1) is 24.9 Å². The Hall–Kier alpha value is -4.58. The van der Waals surface area contributed by atoms with E-state index in [-0.39, 0.29) is 32.5 Å². The minimum absolute atomic E-state index is 0.0660. The lowest BCUT2D eigenvalue weighted by molar-refractivity contribution is -0.142. The number of hydrogen-bond acceptors (Lipinski definition) is 9. The molecule has 0 radical (unpaired) electrons. The van der Waals surface area contributed by atoms with Gasteiger partial charge < -0.3 is 25.0 Å². The Morgan fingerprint density at radius 3 is 2.60 bits per heavy atom. The van der Waals surface area contributed by atoms with Crippen LogP contribution in [0.5, 0.6) is 0 Å². The number of rotatable bonds is 6. The maximum absolute atomic E-state index is 14.3. The smallest absolute Gasteiger partial charge is 0.410 e. The minimum atomic E-state index is -3.91. The van der Waals surface area contributed by atoms with E-state index < -0.39 is 80.2 Å². The third kappa shape index (κ3) is 7.17. The maximum atomic E-state index is 14.3.